The Morgan fingerprint density at radius 3 is 1.89 bits per heavy atom. The third-order valence-electron chi connectivity index (χ3n) is 3.74. The van der Waals surface area contributed by atoms with Crippen molar-refractivity contribution in [3.8, 4) is 16.9 Å². The second-order valence-electron chi connectivity index (χ2n) is 4.85. The van der Waals surface area contributed by atoms with E-state index >= 15 is 0 Å². The van der Waals surface area contributed by atoms with Crippen LogP contribution in [0.4, 0.5) is 0 Å². The molecule has 2 rings (SSSR count). The molecule has 0 aliphatic rings. The summed E-state index contributed by atoms with van der Waals surface area (Å²) in [6, 6.07) is 12.3. The Kier molecular flexibility index (Phi) is 4.26. The maximum Gasteiger partial charge on any atom is 0.115 e. The smallest absolute Gasteiger partial charge is 0.115 e. The van der Waals surface area contributed by atoms with Crippen molar-refractivity contribution < 1.29 is 5.11 Å². The van der Waals surface area contributed by atoms with Crippen LogP contribution in [0.3, 0.4) is 0 Å². The zero-order chi connectivity index (χ0) is 13.8. The normalized spacial score (nSPS) is 10.7. The van der Waals surface area contributed by atoms with Gasteiger partial charge in [-0.2, -0.15) is 0 Å². The highest BCUT2D eigenvalue weighted by atomic mass is 16.3. The van der Waals surface area contributed by atoms with Crippen LogP contribution in [-0.2, 0) is 19.3 Å². The average molecular weight is 254 g/mol. The molecule has 0 fully saturated rings. The Morgan fingerprint density at radius 1 is 0.789 bits per heavy atom. The van der Waals surface area contributed by atoms with Gasteiger partial charge in [0.15, 0.2) is 0 Å². The third-order valence-corrected chi connectivity index (χ3v) is 3.74. The van der Waals surface area contributed by atoms with Gasteiger partial charge < -0.3 is 5.11 Å². The Hall–Kier alpha value is -1.76. The lowest BCUT2D eigenvalue weighted by molar-refractivity contribution is 0.474. The molecule has 0 saturated carbocycles. The van der Waals surface area contributed by atoms with Gasteiger partial charge in [0.2, 0.25) is 0 Å². The molecule has 100 valence electrons. The van der Waals surface area contributed by atoms with E-state index in [1.54, 1.807) is 6.07 Å². The predicted molar refractivity (Wildman–Crippen MR) is 81.7 cm³/mol. The van der Waals surface area contributed by atoms with E-state index in [1.165, 1.54) is 27.8 Å². The summed E-state index contributed by atoms with van der Waals surface area (Å²) in [5.41, 5.74) is 6.63. The Bertz CT molecular complexity index is 548. The number of hydrogen-bond acceptors (Lipinski definition) is 1. The second kappa shape index (κ2) is 5.92. The quantitative estimate of drug-likeness (QED) is 0.835. The van der Waals surface area contributed by atoms with Gasteiger partial charge in [-0.3, -0.25) is 0 Å². The molecule has 0 unspecified atom stereocenters. The largest absolute Gasteiger partial charge is 0.508 e. The monoisotopic (exact) mass is 254 g/mol. The van der Waals surface area contributed by atoms with Crippen LogP contribution in [0.2, 0.25) is 0 Å². The van der Waals surface area contributed by atoms with Gasteiger partial charge in [-0.05, 0) is 59.2 Å². The highest BCUT2D eigenvalue weighted by molar-refractivity contribution is 5.75. The highest BCUT2D eigenvalue weighted by Gasteiger charge is 2.12. The van der Waals surface area contributed by atoms with Crippen molar-refractivity contribution in [2.75, 3.05) is 0 Å². The van der Waals surface area contributed by atoms with Crippen molar-refractivity contribution in [3.05, 3.63) is 53.1 Å². The van der Waals surface area contributed by atoms with Gasteiger partial charge in [-0.15, -0.1) is 0 Å². The summed E-state index contributed by atoms with van der Waals surface area (Å²) in [6.45, 7) is 6.53. The molecule has 0 aliphatic heterocycles. The lowest BCUT2D eigenvalue weighted by Crippen LogP contribution is -1.97. The SMILES string of the molecule is CCc1cc(O)ccc1-c1c(CC)cccc1CC. The first-order chi connectivity index (χ1) is 9.21. The van der Waals surface area contributed by atoms with Crippen LogP contribution in [0.1, 0.15) is 37.5 Å². The van der Waals surface area contributed by atoms with Crippen molar-refractivity contribution in [1.82, 2.24) is 0 Å². The van der Waals surface area contributed by atoms with Gasteiger partial charge >= 0.3 is 0 Å². The molecule has 2 aromatic carbocycles. The molecule has 1 nitrogen and oxygen atoms in total. The molecule has 0 spiro atoms. The van der Waals surface area contributed by atoms with Crippen molar-refractivity contribution in [2.24, 2.45) is 0 Å². The van der Waals surface area contributed by atoms with Gasteiger partial charge in [0.05, 0.1) is 0 Å². The van der Waals surface area contributed by atoms with Crippen LogP contribution in [0.25, 0.3) is 11.1 Å². The number of aryl methyl sites for hydroxylation is 3. The molecular formula is C18H22O. The molecule has 0 aromatic heterocycles. The van der Waals surface area contributed by atoms with Crippen LogP contribution >= 0.6 is 0 Å². The predicted octanol–water partition coefficient (Wildman–Crippen LogP) is 4.75. The van der Waals surface area contributed by atoms with Crippen molar-refractivity contribution >= 4 is 0 Å². The lowest BCUT2D eigenvalue weighted by atomic mass is 9.88. The van der Waals surface area contributed by atoms with E-state index in [4.69, 9.17) is 0 Å². The van der Waals surface area contributed by atoms with E-state index in [-0.39, 0.29) is 0 Å². The fraction of sp³-hybridized carbons (Fsp3) is 0.333. The fourth-order valence-electron chi connectivity index (χ4n) is 2.71. The van der Waals surface area contributed by atoms with Crippen LogP contribution in [0.15, 0.2) is 36.4 Å². The molecule has 1 heteroatoms. The molecule has 0 aliphatic carbocycles. The van der Waals surface area contributed by atoms with E-state index in [9.17, 15) is 5.11 Å². The van der Waals surface area contributed by atoms with Crippen LogP contribution < -0.4 is 0 Å². The number of phenols is 1. The third kappa shape index (κ3) is 2.65. The van der Waals surface area contributed by atoms with Gasteiger partial charge in [-0.25, -0.2) is 0 Å². The van der Waals surface area contributed by atoms with E-state index in [0.717, 1.165) is 19.3 Å². The summed E-state index contributed by atoms with van der Waals surface area (Å²) >= 11 is 0. The highest BCUT2D eigenvalue weighted by Crippen LogP contribution is 2.33. The van der Waals surface area contributed by atoms with E-state index in [2.05, 4.69) is 45.0 Å². The zero-order valence-corrected chi connectivity index (χ0v) is 12.0. The Morgan fingerprint density at radius 2 is 1.37 bits per heavy atom. The molecule has 0 heterocycles. The minimum atomic E-state index is 0.354. The fourth-order valence-corrected chi connectivity index (χ4v) is 2.71. The lowest BCUT2D eigenvalue weighted by Gasteiger charge is -2.16. The summed E-state index contributed by atoms with van der Waals surface area (Å²) < 4.78 is 0. The second-order valence-corrected chi connectivity index (χ2v) is 4.85. The molecule has 0 atom stereocenters. The molecule has 0 radical (unpaired) electrons. The number of phenolic OH excluding ortho intramolecular Hbond substituents is 1. The molecule has 2 aromatic rings. The topological polar surface area (TPSA) is 20.2 Å². The first-order valence-electron chi connectivity index (χ1n) is 7.14. The number of rotatable bonds is 4. The Balaban J connectivity index is 2.70. The molecule has 0 bridgehead atoms. The summed E-state index contributed by atoms with van der Waals surface area (Å²) in [4.78, 5) is 0. The standard InChI is InChI=1S/C18H22O/c1-4-13-8-7-9-14(5-2)18(13)17-11-10-16(19)12-15(17)6-3/h7-12,19H,4-6H2,1-3H3. The van der Waals surface area contributed by atoms with Gasteiger partial charge in [-0.1, -0.05) is 45.0 Å². The summed E-state index contributed by atoms with van der Waals surface area (Å²) in [6.07, 6.45) is 3.01. The first kappa shape index (κ1) is 13.7. The van der Waals surface area contributed by atoms with Crippen LogP contribution in [0.5, 0.6) is 5.75 Å². The van der Waals surface area contributed by atoms with Crippen molar-refractivity contribution in [3.63, 3.8) is 0 Å². The Labute approximate surface area is 115 Å². The van der Waals surface area contributed by atoms with Crippen LogP contribution in [-0.4, -0.2) is 5.11 Å². The van der Waals surface area contributed by atoms with Gasteiger partial charge in [0.25, 0.3) is 0 Å². The maximum absolute atomic E-state index is 9.67. The molecular weight excluding hydrogens is 232 g/mol. The maximum atomic E-state index is 9.67. The van der Waals surface area contributed by atoms with Crippen LogP contribution in [0, 0.1) is 0 Å². The van der Waals surface area contributed by atoms with Crippen molar-refractivity contribution in [2.45, 2.75) is 40.0 Å². The van der Waals surface area contributed by atoms with E-state index in [0.29, 0.717) is 5.75 Å². The first-order valence-corrected chi connectivity index (χ1v) is 7.14. The summed E-state index contributed by atoms with van der Waals surface area (Å²) in [5.74, 6) is 0.354. The number of aromatic hydroxyl groups is 1. The minimum absolute atomic E-state index is 0.354. The minimum Gasteiger partial charge on any atom is -0.508 e. The summed E-state index contributed by atoms with van der Waals surface area (Å²) in [7, 11) is 0. The molecule has 19 heavy (non-hydrogen) atoms. The van der Waals surface area contributed by atoms with E-state index in [1.807, 2.05) is 6.07 Å². The number of benzene rings is 2. The van der Waals surface area contributed by atoms with Crippen molar-refractivity contribution in [1.29, 1.82) is 0 Å². The van der Waals surface area contributed by atoms with E-state index < -0.39 is 0 Å². The summed E-state index contributed by atoms with van der Waals surface area (Å²) in [5, 5.41) is 9.67. The molecule has 0 saturated heterocycles. The molecule has 1 N–H and O–H groups in total. The zero-order valence-electron chi connectivity index (χ0n) is 12.0. The average Bonchev–Trinajstić information content (AvgIpc) is 2.46. The van der Waals surface area contributed by atoms with Gasteiger partial charge in [0, 0.05) is 0 Å². The molecule has 0 amide bonds. The van der Waals surface area contributed by atoms with Gasteiger partial charge in [0.1, 0.15) is 5.75 Å². The number of hydrogen-bond donors (Lipinski definition) is 1.